The molecular weight excluding hydrogens is 300 g/mol. The third-order valence-corrected chi connectivity index (χ3v) is 3.30. The number of ether oxygens (including phenoxy) is 1. The van der Waals surface area contributed by atoms with Crippen LogP contribution in [0.3, 0.4) is 0 Å². The van der Waals surface area contributed by atoms with E-state index in [9.17, 15) is 10.1 Å². The van der Waals surface area contributed by atoms with Gasteiger partial charge in [0.25, 0.3) is 11.6 Å². The van der Waals surface area contributed by atoms with Gasteiger partial charge in [0.2, 0.25) is 0 Å². The molecule has 21 heavy (non-hydrogen) atoms. The summed E-state index contributed by atoms with van der Waals surface area (Å²) in [5, 5.41) is 18.4. The SMILES string of the molecule is O=[N+]([O-])c1cc(Cl)ccc1-c1nc(C2COCCN2)no1. The van der Waals surface area contributed by atoms with Gasteiger partial charge in [-0.1, -0.05) is 16.8 Å². The summed E-state index contributed by atoms with van der Waals surface area (Å²) in [4.78, 5) is 14.8. The van der Waals surface area contributed by atoms with Gasteiger partial charge in [0.15, 0.2) is 5.82 Å². The molecule has 8 nitrogen and oxygen atoms in total. The quantitative estimate of drug-likeness (QED) is 0.682. The van der Waals surface area contributed by atoms with Crippen LogP contribution in [0, 0.1) is 10.1 Å². The largest absolute Gasteiger partial charge is 0.378 e. The molecule has 2 heterocycles. The molecule has 0 saturated carbocycles. The van der Waals surface area contributed by atoms with Crippen molar-refractivity contribution in [1.29, 1.82) is 0 Å². The third-order valence-electron chi connectivity index (χ3n) is 3.06. The Morgan fingerprint density at radius 1 is 1.48 bits per heavy atom. The zero-order chi connectivity index (χ0) is 14.8. The van der Waals surface area contributed by atoms with Gasteiger partial charge in [0.1, 0.15) is 5.56 Å². The van der Waals surface area contributed by atoms with E-state index in [-0.39, 0.29) is 28.2 Å². The molecule has 1 fully saturated rings. The standard InChI is InChI=1S/C12H11ClN4O4/c13-7-1-2-8(10(5-7)17(18)19)12-15-11(16-21-12)9-6-20-4-3-14-9/h1-2,5,9,14H,3-4,6H2. The van der Waals surface area contributed by atoms with Gasteiger partial charge < -0.3 is 14.6 Å². The number of benzene rings is 1. The first-order chi connectivity index (χ1) is 10.1. The van der Waals surface area contributed by atoms with E-state index in [4.69, 9.17) is 20.9 Å². The summed E-state index contributed by atoms with van der Waals surface area (Å²) in [6.07, 6.45) is 0. The van der Waals surface area contributed by atoms with Crippen molar-refractivity contribution in [3.63, 3.8) is 0 Å². The maximum absolute atomic E-state index is 11.1. The second-order valence-electron chi connectivity index (χ2n) is 4.46. The summed E-state index contributed by atoms with van der Waals surface area (Å²) in [6.45, 7) is 1.75. The number of hydrogen-bond donors (Lipinski definition) is 1. The Labute approximate surface area is 124 Å². The molecule has 1 aliphatic rings. The molecule has 0 spiro atoms. The molecule has 1 aliphatic heterocycles. The van der Waals surface area contributed by atoms with Gasteiger partial charge in [-0.15, -0.1) is 0 Å². The fourth-order valence-electron chi connectivity index (χ4n) is 2.05. The third kappa shape index (κ3) is 2.87. The average Bonchev–Trinajstić information content (AvgIpc) is 2.97. The molecule has 1 N–H and O–H groups in total. The van der Waals surface area contributed by atoms with Crippen molar-refractivity contribution in [1.82, 2.24) is 15.5 Å². The van der Waals surface area contributed by atoms with Crippen LogP contribution in [0.2, 0.25) is 5.02 Å². The van der Waals surface area contributed by atoms with Crippen molar-refractivity contribution in [3.05, 3.63) is 39.2 Å². The molecule has 9 heteroatoms. The number of hydrogen-bond acceptors (Lipinski definition) is 7. The fourth-order valence-corrected chi connectivity index (χ4v) is 2.22. The molecule has 0 aliphatic carbocycles. The number of nitrogens with zero attached hydrogens (tertiary/aromatic N) is 3. The monoisotopic (exact) mass is 310 g/mol. The predicted molar refractivity (Wildman–Crippen MR) is 73.0 cm³/mol. The first-order valence-corrected chi connectivity index (χ1v) is 6.62. The van der Waals surface area contributed by atoms with Crippen molar-refractivity contribution < 1.29 is 14.2 Å². The van der Waals surface area contributed by atoms with E-state index in [1.54, 1.807) is 0 Å². The number of halogens is 1. The van der Waals surface area contributed by atoms with Gasteiger partial charge >= 0.3 is 0 Å². The van der Waals surface area contributed by atoms with E-state index in [0.717, 1.165) is 0 Å². The molecule has 3 rings (SSSR count). The predicted octanol–water partition coefficient (Wildman–Crippen LogP) is 1.96. The van der Waals surface area contributed by atoms with Crippen LogP contribution in [0.5, 0.6) is 0 Å². The van der Waals surface area contributed by atoms with Gasteiger partial charge in [-0.25, -0.2) is 0 Å². The number of nitro groups is 1. The molecule has 1 aromatic carbocycles. The van der Waals surface area contributed by atoms with E-state index in [1.807, 2.05) is 0 Å². The summed E-state index contributed by atoms with van der Waals surface area (Å²) in [6, 6.07) is 4.10. The fraction of sp³-hybridized carbons (Fsp3) is 0.333. The second kappa shape index (κ2) is 5.76. The molecule has 1 aromatic heterocycles. The molecule has 2 aromatic rings. The summed E-state index contributed by atoms with van der Waals surface area (Å²) in [5.74, 6) is 0.495. The molecule has 0 amide bonds. The number of nitrogens with one attached hydrogen (secondary N) is 1. The van der Waals surface area contributed by atoms with Gasteiger partial charge in [0, 0.05) is 17.6 Å². The van der Waals surface area contributed by atoms with E-state index in [1.165, 1.54) is 18.2 Å². The first kappa shape index (κ1) is 13.9. The Kier molecular flexibility index (Phi) is 3.82. The number of aromatic nitrogens is 2. The van der Waals surface area contributed by atoms with Crippen LogP contribution in [0.1, 0.15) is 11.9 Å². The summed E-state index contributed by atoms with van der Waals surface area (Å²) in [5.41, 5.74) is 0.0606. The number of rotatable bonds is 3. The van der Waals surface area contributed by atoms with E-state index in [2.05, 4.69) is 15.5 Å². The highest BCUT2D eigenvalue weighted by molar-refractivity contribution is 6.30. The second-order valence-corrected chi connectivity index (χ2v) is 4.89. The zero-order valence-electron chi connectivity index (χ0n) is 10.8. The van der Waals surface area contributed by atoms with Crippen molar-refractivity contribution in [2.24, 2.45) is 0 Å². The normalized spacial score (nSPS) is 18.6. The molecule has 0 bridgehead atoms. The van der Waals surface area contributed by atoms with Crippen molar-refractivity contribution in [2.75, 3.05) is 19.8 Å². The molecule has 1 unspecified atom stereocenters. The lowest BCUT2D eigenvalue weighted by Crippen LogP contribution is -2.35. The smallest absolute Gasteiger partial charge is 0.283 e. The molecule has 110 valence electrons. The van der Waals surface area contributed by atoms with E-state index >= 15 is 0 Å². The van der Waals surface area contributed by atoms with Gasteiger partial charge in [-0.05, 0) is 12.1 Å². The van der Waals surface area contributed by atoms with Gasteiger partial charge in [-0.2, -0.15) is 4.98 Å². The topological polar surface area (TPSA) is 103 Å². The minimum atomic E-state index is -0.535. The minimum Gasteiger partial charge on any atom is -0.378 e. The van der Waals surface area contributed by atoms with Gasteiger partial charge in [0.05, 0.1) is 24.2 Å². The molecule has 0 radical (unpaired) electrons. The lowest BCUT2D eigenvalue weighted by Gasteiger charge is -2.20. The highest BCUT2D eigenvalue weighted by Gasteiger charge is 2.25. The van der Waals surface area contributed by atoms with E-state index in [0.29, 0.717) is 25.6 Å². The van der Waals surface area contributed by atoms with Crippen LogP contribution >= 0.6 is 11.6 Å². The maximum Gasteiger partial charge on any atom is 0.283 e. The Balaban J connectivity index is 1.94. The zero-order valence-corrected chi connectivity index (χ0v) is 11.5. The Morgan fingerprint density at radius 3 is 3.05 bits per heavy atom. The lowest BCUT2D eigenvalue weighted by molar-refractivity contribution is -0.384. The van der Waals surface area contributed by atoms with Crippen LogP contribution in [0.4, 0.5) is 5.69 Å². The molecular formula is C12H11ClN4O4. The van der Waals surface area contributed by atoms with Crippen LogP contribution in [-0.4, -0.2) is 34.8 Å². The molecule has 1 saturated heterocycles. The number of nitro benzene ring substituents is 1. The van der Waals surface area contributed by atoms with E-state index < -0.39 is 4.92 Å². The van der Waals surface area contributed by atoms with Gasteiger partial charge in [-0.3, -0.25) is 10.1 Å². The van der Waals surface area contributed by atoms with Crippen LogP contribution < -0.4 is 5.32 Å². The Morgan fingerprint density at radius 2 is 2.33 bits per heavy atom. The van der Waals surface area contributed by atoms with Crippen LogP contribution in [0.25, 0.3) is 11.5 Å². The highest BCUT2D eigenvalue weighted by atomic mass is 35.5. The van der Waals surface area contributed by atoms with Crippen molar-refractivity contribution in [3.8, 4) is 11.5 Å². The maximum atomic E-state index is 11.1. The summed E-state index contributed by atoms with van der Waals surface area (Å²) >= 11 is 5.78. The Bertz CT molecular complexity index is 669. The minimum absolute atomic E-state index is 0.0840. The summed E-state index contributed by atoms with van der Waals surface area (Å²) in [7, 11) is 0. The summed E-state index contributed by atoms with van der Waals surface area (Å²) < 4.78 is 10.4. The average molecular weight is 311 g/mol. The number of morpholine rings is 1. The van der Waals surface area contributed by atoms with Crippen LogP contribution in [0.15, 0.2) is 22.7 Å². The highest BCUT2D eigenvalue weighted by Crippen LogP contribution is 2.31. The van der Waals surface area contributed by atoms with Crippen molar-refractivity contribution in [2.45, 2.75) is 6.04 Å². The van der Waals surface area contributed by atoms with Crippen LogP contribution in [-0.2, 0) is 4.74 Å². The Hall–Kier alpha value is -2.03. The lowest BCUT2D eigenvalue weighted by atomic mass is 10.2. The molecule has 1 atom stereocenters. The first-order valence-electron chi connectivity index (χ1n) is 6.24. The van der Waals surface area contributed by atoms with Crippen molar-refractivity contribution >= 4 is 17.3 Å².